The summed E-state index contributed by atoms with van der Waals surface area (Å²) in [6.45, 7) is 3.92. The second kappa shape index (κ2) is 5.43. The summed E-state index contributed by atoms with van der Waals surface area (Å²) in [6.07, 6.45) is 6.48. The number of furan rings is 1. The van der Waals surface area contributed by atoms with Crippen LogP contribution in [0, 0.1) is 5.92 Å². The van der Waals surface area contributed by atoms with E-state index in [4.69, 9.17) is 4.42 Å². The summed E-state index contributed by atoms with van der Waals surface area (Å²) < 4.78 is 5.22. The van der Waals surface area contributed by atoms with Gasteiger partial charge in [-0.2, -0.15) is 0 Å². The lowest BCUT2D eigenvalue weighted by Gasteiger charge is -2.06. The summed E-state index contributed by atoms with van der Waals surface area (Å²) in [5.74, 6) is 1.47. The van der Waals surface area contributed by atoms with Crippen molar-refractivity contribution in [3.05, 3.63) is 36.3 Å². The first-order chi connectivity index (χ1) is 6.72. The van der Waals surface area contributed by atoms with Crippen LogP contribution < -0.4 is 0 Å². The number of carbonyl (C=O) groups excluding carboxylic acids is 1. The maximum atomic E-state index is 11.3. The van der Waals surface area contributed by atoms with Crippen LogP contribution in [0.4, 0.5) is 0 Å². The first kappa shape index (κ1) is 10.8. The van der Waals surface area contributed by atoms with Crippen molar-refractivity contribution >= 4 is 5.78 Å². The van der Waals surface area contributed by atoms with E-state index in [1.165, 1.54) is 0 Å². The minimum atomic E-state index is 0.187. The number of carbonyl (C=O) groups is 1. The summed E-state index contributed by atoms with van der Waals surface area (Å²) in [7, 11) is 0. The molecule has 0 amide bonds. The smallest absolute Gasteiger partial charge is 0.155 e. The van der Waals surface area contributed by atoms with Crippen molar-refractivity contribution < 1.29 is 9.21 Å². The average Bonchev–Trinajstić information content (AvgIpc) is 2.56. The Bertz CT molecular complexity index is 296. The van der Waals surface area contributed by atoms with Gasteiger partial charge in [0.25, 0.3) is 0 Å². The Morgan fingerprint density at radius 1 is 1.64 bits per heavy atom. The van der Waals surface area contributed by atoms with Crippen molar-refractivity contribution in [1.82, 2.24) is 0 Å². The summed E-state index contributed by atoms with van der Waals surface area (Å²) in [6, 6.07) is 3.81. The van der Waals surface area contributed by atoms with Crippen LogP contribution in [0.25, 0.3) is 0 Å². The largest absolute Gasteiger partial charge is 0.469 e. The highest BCUT2D eigenvalue weighted by Crippen LogP contribution is 2.12. The normalized spacial score (nSPS) is 13.3. The van der Waals surface area contributed by atoms with Crippen LogP contribution >= 0.6 is 0 Å². The van der Waals surface area contributed by atoms with Crippen LogP contribution in [-0.2, 0) is 11.2 Å². The molecule has 0 aliphatic rings. The molecule has 1 atom stereocenters. The van der Waals surface area contributed by atoms with Gasteiger partial charge in [0.15, 0.2) is 5.78 Å². The third-order valence-electron chi connectivity index (χ3n) is 2.03. The average molecular weight is 192 g/mol. The molecule has 1 unspecified atom stereocenters. The zero-order valence-corrected chi connectivity index (χ0v) is 8.69. The summed E-state index contributed by atoms with van der Waals surface area (Å²) in [5, 5.41) is 0. The van der Waals surface area contributed by atoms with Gasteiger partial charge in [0.05, 0.1) is 6.26 Å². The molecule has 1 aromatic rings. The van der Waals surface area contributed by atoms with Crippen molar-refractivity contribution in [2.24, 2.45) is 5.92 Å². The van der Waals surface area contributed by atoms with E-state index in [2.05, 4.69) is 6.92 Å². The molecular weight excluding hydrogens is 176 g/mol. The van der Waals surface area contributed by atoms with E-state index < -0.39 is 0 Å². The topological polar surface area (TPSA) is 30.2 Å². The highest BCUT2D eigenvalue weighted by Gasteiger charge is 2.08. The van der Waals surface area contributed by atoms with E-state index in [0.717, 1.165) is 12.2 Å². The number of ketones is 1. The van der Waals surface area contributed by atoms with Gasteiger partial charge < -0.3 is 4.42 Å². The zero-order valence-electron chi connectivity index (χ0n) is 8.69. The maximum absolute atomic E-state index is 11.3. The van der Waals surface area contributed by atoms with Crippen LogP contribution in [0.2, 0.25) is 0 Å². The molecule has 0 saturated heterocycles. The Kier molecular flexibility index (Phi) is 4.17. The minimum absolute atomic E-state index is 0.187. The fourth-order valence-electron chi connectivity index (χ4n) is 1.44. The molecule has 0 bridgehead atoms. The van der Waals surface area contributed by atoms with Crippen LogP contribution in [-0.4, -0.2) is 5.78 Å². The fraction of sp³-hybridized carbons (Fsp3) is 0.417. The van der Waals surface area contributed by atoms with Gasteiger partial charge in [0.2, 0.25) is 0 Å². The maximum Gasteiger partial charge on any atom is 0.155 e. The highest BCUT2D eigenvalue weighted by molar-refractivity contribution is 5.89. The summed E-state index contributed by atoms with van der Waals surface area (Å²) in [4.78, 5) is 11.3. The molecule has 0 aliphatic heterocycles. The van der Waals surface area contributed by atoms with Gasteiger partial charge in [0, 0.05) is 12.8 Å². The third kappa shape index (κ3) is 3.60. The first-order valence-corrected chi connectivity index (χ1v) is 4.90. The van der Waals surface area contributed by atoms with E-state index >= 15 is 0 Å². The lowest BCUT2D eigenvalue weighted by Crippen LogP contribution is -2.05. The molecule has 1 heterocycles. The lowest BCUT2D eigenvalue weighted by molar-refractivity contribution is -0.115. The monoisotopic (exact) mass is 192 g/mol. The standard InChI is InChI=1S/C12H16O2/c1-3-5-11(13)8-10(2)9-12-6-4-7-14-12/h3-7,10H,8-9H2,1-2H3/b5-3+. The number of allylic oxidation sites excluding steroid dienone is 2. The van der Waals surface area contributed by atoms with Crippen LogP contribution in [0.5, 0.6) is 0 Å². The number of rotatable bonds is 5. The van der Waals surface area contributed by atoms with Gasteiger partial charge in [-0.3, -0.25) is 4.79 Å². The van der Waals surface area contributed by atoms with Gasteiger partial charge in [-0.15, -0.1) is 0 Å². The molecule has 0 radical (unpaired) electrons. The SMILES string of the molecule is C/C=C/C(=O)CC(C)Cc1ccco1. The predicted molar refractivity (Wildman–Crippen MR) is 56.0 cm³/mol. The molecular formula is C12H16O2. The Morgan fingerprint density at radius 3 is 3.00 bits per heavy atom. The molecule has 2 nitrogen and oxygen atoms in total. The lowest BCUT2D eigenvalue weighted by atomic mass is 9.99. The van der Waals surface area contributed by atoms with Crippen molar-refractivity contribution in [3.8, 4) is 0 Å². The van der Waals surface area contributed by atoms with Gasteiger partial charge >= 0.3 is 0 Å². The molecule has 1 rings (SSSR count). The van der Waals surface area contributed by atoms with Crippen molar-refractivity contribution in [2.75, 3.05) is 0 Å². The second-order valence-electron chi connectivity index (χ2n) is 3.56. The van der Waals surface area contributed by atoms with E-state index in [-0.39, 0.29) is 5.78 Å². The van der Waals surface area contributed by atoms with Gasteiger partial charge in [-0.1, -0.05) is 13.0 Å². The van der Waals surface area contributed by atoms with Crippen molar-refractivity contribution in [3.63, 3.8) is 0 Å². The second-order valence-corrected chi connectivity index (χ2v) is 3.56. The predicted octanol–water partition coefficient (Wildman–Crippen LogP) is 2.99. The zero-order chi connectivity index (χ0) is 10.4. The van der Waals surface area contributed by atoms with Crippen LogP contribution in [0.1, 0.15) is 26.0 Å². The molecule has 76 valence electrons. The molecule has 2 heteroatoms. The van der Waals surface area contributed by atoms with Gasteiger partial charge in [0.1, 0.15) is 5.76 Å². The van der Waals surface area contributed by atoms with Gasteiger partial charge in [-0.25, -0.2) is 0 Å². The molecule has 1 aromatic heterocycles. The quantitative estimate of drug-likeness (QED) is 0.671. The van der Waals surface area contributed by atoms with Crippen molar-refractivity contribution in [1.29, 1.82) is 0 Å². The molecule has 0 N–H and O–H groups in total. The molecule has 14 heavy (non-hydrogen) atoms. The molecule has 0 aliphatic carbocycles. The van der Waals surface area contributed by atoms with E-state index in [1.54, 1.807) is 18.4 Å². The van der Waals surface area contributed by atoms with Crippen molar-refractivity contribution in [2.45, 2.75) is 26.7 Å². The molecule has 0 saturated carbocycles. The van der Waals surface area contributed by atoms with Crippen LogP contribution in [0.15, 0.2) is 35.0 Å². The van der Waals surface area contributed by atoms with E-state index in [0.29, 0.717) is 12.3 Å². The highest BCUT2D eigenvalue weighted by atomic mass is 16.3. The Labute approximate surface area is 84.6 Å². The number of hydrogen-bond donors (Lipinski definition) is 0. The summed E-state index contributed by atoms with van der Waals surface area (Å²) in [5.41, 5.74) is 0. The Balaban J connectivity index is 2.36. The third-order valence-corrected chi connectivity index (χ3v) is 2.03. The van der Waals surface area contributed by atoms with E-state index in [1.807, 2.05) is 19.1 Å². The van der Waals surface area contributed by atoms with E-state index in [9.17, 15) is 4.79 Å². The minimum Gasteiger partial charge on any atom is -0.469 e. The summed E-state index contributed by atoms with van der Waals surface area (Å²) >= 11 is 0. The fourth-order valence-corrected chi connectivity index (χ4v) is 1.44. The molecule has 0 fully saturated rings. The number of hydrogen-bond acceptors (Lipinski definition) is 2. The van der Waals surface area contributed by atoms with Crippen LogP contribution in [0.3, 0.4) is 0 Å². The first-order valence-electron chi connectivity index (χ1n) is 4.90. The Hall–Kier alpha value is -1.31. The van der Waals surface area contributed by atoms with Gasteiger partial charge in [-0.05, 0) is 31.1 Å². The Morgan fingerprint density at radius 2 is 2.43 bits per heavy atom. The molecule has 0 spiro atoms. The molecule has 0 aromatic carbocycles.